The van der Waals surface area contributed by atoms with Gasteiger partial charge in [0.1, 0.15) is 6.23 Å². The summed E-state index contributed by atoms with van der Waals surface area (Å²) in [4.78, 5) is 10.8. The molecule has 2 N–H and O–H groups in total. The lowest BCUT2D eigenvalue weighted by atomic mass is 10.0. The van der Waals surface area contributed by atoms with E-state index in [1.807, 2.05) is 13.8 Å². The van der Waals surface area contributed by atoms with E-state index in [9.17, 15) is 9.90 Å². The van der Waals surface area contributed by atoms with Crippen LogP contribution in [-0.4, -0.2) is 44.6 Å². The Labute approximate surface area is 82.9 Å². The molecule has 1 aliphatic heterocycles. The number of carboxylic acid groups (broad SMARTS) is 1. The Morgan fingerprint density at radius 3 is 2.71 bits per heavy atom. The molecule has 0 bridgehead atoms. The standard InChI is InChI=1S/C9H14N2O3/c1-4-5-10-9(2,3)6-7(12)11(10)8(13)14/h1,7,12H,5-6H2,2-3H3,(H,13,14). The number of terminal acetylenes is 1. The van der Waals surface area contributed by atoms with E-state index >= 15 is 0 Å². The van der Waals surface area contributed by atoms with E-state index in [2.05, 4.69) is 5.92 Å². The molecule has 5 heteroatoms. The van der Waals surface area contributed by atoms with E-state index in [1.165, 1.54) is 5.01 Å². The van der Waals surface area contributed by atoms with E-state index in [4.69, 9.17) is 11.5 Å². The number of amides is 1. The van der Waals surface area contributed by atoms with Gasteiger partial charge in [-0.3, -0.25) is 0 Å². The lowest BCUT2D eigenvalue weighted by molar-refractivity contribution is -0.0740. The van der Waals surface area contributed by atoms with Gasteiger partial charge in [-0.05, 0) is 13.8 Å². The largest absolute Gasteiger partial charge is 0.464 e. The van der Waals surface area contributed by atoms with Crippen molar-refractivity contribution in [2.75, 3.05) is 6.54 Å². The zero-order valence-corrected chi connectivity index (χ0v) is 8.27. The van der Waals surface area contributed by atoms with Gasteiger partial charge in [-0.1, -0.05) is 5.92 Å². The van der Waals surface area contributed by atoms with Gasteiger partial charge in [0.15, 0.2) is 0 Å². The number of aliphatic hydroxyl groups excluding tert-OH is 1. The molecule has 0 aliphatic carbocycles. The number of aliphatic hydroxyl groups is 1. The van der Waals surface area contributed by atoms with Gasteiger partial charge in [-0.25, -0.2) is 9.80 Å². The SMILES string of the molecule is C#CCN1N(C(=O)O)C(O)CC1(C)C. The van der Waals surface area contributed by atoms with Gasteiger partial charge >= 0.3 is 6.09 Å². The molecule has 1 saturated heterocycles. The fraction of sp³-hybridized carbons (Fsp3) is 0.667. The molecule has 1 unspecified atom stereocenters. The summed E-state index contributed by atoms with van der Waals surface area (Å²) in [5, 5.41) is 20.8. The van der Waals surface area contributed by atoms with Gasteiger partial charge in [0, 0.05) is 12.0 Å². The number of rotatable bonds is 1. The molecule has 1 amide bonds. The smallest absolute Gasteiger partial charge is 0.424 e. The Morgan fingerprint density at radius 2 is 2.29 bits per heavy atom. The maximum atomic E-state index is 10.8. The highest BCUT2D eigenvalue weighted by Crippen LogP contribution is 2.32. The second kappa shape index (κ2) is 3.48. The Bertz CT molecular complexity index is 282. The van der Waals surface area contributed by atoms with Gasteiger partial charge in [-0.15, -0.1) is 6.42 Å². The summed E-state index contributed by atoms with van der Waals surface area (Å²) in [6.07, 6.45) is 3.32. The minimum absolute atomic E-state index is 0.177. The number of hydrogen-bond donors (Lipinski definition) is 2. The Balaban J connectivity index is 2.93. The normalized spacial score (nSPS) is 26.1. The highest BCUT2D eigenvalue weighted by molar-refractivity contribution is 5.65. The van der Waals surface area contributed by atoms with Crippen LogP contribution in [0.5, 0.6) is 0 Å². The predicted octanol–water partition coefficient (Wildman–Crippen LogP) is 0.317. The third-order valence-electron chi connectivity index (χ3n) is 2.36. The van der Waals surface area contributed by atoms with Gasteiger partial charge in [0.05, 0.1) is 6.54 Å². The first kappa shape index (κ1) is 10.8. The van der Waals surface area contributed by atoms with Gasteiger partial charge in [0.25, 0.3) is 0 Å². The first-order valence-electron chi connectivity index (χ1n) is 4.31. The molecular weight excluding hydrogens is 184 g/mol. The quantitative estimate of drug-likeness (QED) is 0.595. The van der Waals surface area contributed by atoms with Gasteiger partial charge in [0.2, 0.25) is 0 Å². The first-order valence-corrected chi connectivity index (χ1v) is 4.31. The second-order valence-electron chi connectivity index (χ2n) is 3.89. The van der Waals surface area contributed by atoms with E-state index in [1.54, 1.807) is 0 Å². The van der Waals surface area contributed by atoms with Crippen LogP contribution in [0.1, 0.15) is 20.3 Å². The molecule has 0 saturated carbocycles. The number of hydrazine groups is 1. The summed E-state index contributed by atoms with van der Waals surface area (Å²) >= 11 is 0. The molecule has 0 aromatic carbocycles. The molecule has 0 aromatic rings. The van der Waals surface area contributed by atoms with Crippen LogP contribution in [0.25, 0.3) is 0 Å². The van der Waals surface area contributed by atoms with Crippen LogP contribution in [0.3, 0.4) is 0 Å². The van der Waals surface area contributed by atoms with E-state index < -0.39 is 17.9 Å². The molecule has 5 nitrogen and oxygen atoms in total. The molecule has 0 radical (unpaired) electrons. The summed E-state index contributed by atoms with van der Waals surface area (Å²) < 4.78 is 0. The van der Waals surface area contributed by atoms with Crippen molar-refractivity contribution >= 4 is 6.09 Å². The second-order valence-corrected chi connectivity index (χ2v) is 3.89. The molecule has 1 atom stereocenters. The van der Waals surface area contributed by atoms with Crippen LogP contribution < -0.4 is 0 Å². The summed E-state index contributed by atoms with van der Waals surface area (Å²) in [5.74, 6) is 2.38. The average molecular weight is 198 g/mol. The predicted molar refractivity (Wildman–Crippen MR) is 50.1 cm³/mol. The van der Waals surface area contributed by atoms with E-state index in [0.29, 0.717) is 6.42 Å². The van der Waals surface area contributed by atoms with Crippen molar-refractivity contribution in [3.8, 4) is 12.3 Å². The van der Waals surface area contributed by atoms with Crippen LogP contribution >= 0.6 is 0 Å². The van der Waals surface area contributed by atoms with Crippen LogP contribution in [-0.2, 0) is 0 Å². The fourth-order valence-corrected chi connectivity index (χ4v) is 1.70. The summed E-state index contributed by atoms with van der Waals surface area (Å²) in [6, 6.07) is 0. The van der Waals surface area contributed by atoms with Crippen LogP contribution in [0.4, 0.5) is 4.79 Å². The van der Waals surface area contributed by atoms with Gasteiger partial charge < -0.3 is 10.2 Å². The summed E-state index contributed by atoms with van der Waals surface area (Å²) in [7, 11) is 0. The Hall–Kier alpha value is -1.25. The zero-order valence-electron chi connectivity index (χ0n) is 8.27. The van der Waals surface area contributed by atoms with Crippen molar-refractivity contribution in [1.29, 1.82) is 0 Å². The molecule has 1 rings (SSSR count). The molecule has 14 heavy (non-hydrogen) atoms. The molecule has 78 valence electrons. The minimum Gasteiger partial charge on any atom is -0.464 e. The van der Waals surface area contributed by atoms with Crippen LogP contribution in [0.15, 0.2) is 0 Å². The van der Waals surface area contributed by atoms with Crippen molar-refractivity contribution in [2.24, 2.45) is 0 Å². The van der Waals surface area contributed by atoms with Crippen LogP contribution in [0, 0.1) is 12.3 Å². The zero-order chi connectivity index (χ0) is 10.9. The maximum Gasteiger partial charge on any atom is 0.424 e. The first-order chi connectivity index (χ1) is 6.40. The third kappa shape index (κ3) is 1.67. The molecule has 1 fully saturated rings. The summed E-state index contributed by atoms with van der Waals surface area (Å²) in [6.45, 7) is 3.86. The van der Waals surface area contributed by atoms with E-state index in [-0.39, 0.29) is 6.54 Å². The van der Waals surface area contributed by atoms with E-state index in [0.717, 1.165) is 5.01 Å². The number of nitrogens with zero attached hydrogens (tertiary/aromatic N) is 2. The number of carbonyl (C=O) groups is 1. The lowest BCUT2D eigenvalue weighted by Crippen LogP contribution is -2.50. The summed E-state index contributed by atoms with van der Waals surface area (Å²) in [5.41, 5.74) is -0.426. The van der Waals surface area contributed by atoms with Crippen molar-refractivity contribution in [1.82, 2.24) is 10.0 Å². The third-order valence-corrected chi connectivity index (χ3v) is 2.36. The maximum absolute atomic E-state index is 10.8. The topological polar surface area (TPSA) is 64.0 Å². The Morgan fingerprint density at radius 1 is 1.71 bits per heavy atom. The molecular formula is C9H14N2O3. The molecule has 1 aliphatic rings. The molecule has 1 heterocycles. The highest BCUT2D eigenvalue weighted by Gasteiger charge is 2.46. The highest BCUT2D eigenvalue weighted by atomic mass is 16.4. The van der Waals surface area contributed by atoms with Crippen molar-refractivity contribution in [3.05, 3.63) is 0 Å². The minimum atomic E-state index is -1.18. The number of hydrogen-bond acceptors (Lipinski definition) is 3. The fourth-order valence-electron chi connectivity index (χ4n) is 1.70. The average Bonchev–Trinajstić information content (AvgIpc) is 2.22. The van der Waals surface area contributed by atoms with Crippen molar-refractivity contribution < 1.29 is 15.0 Å². The van der Waals surface area contributed by atoms with Crippen molar-refractivity contribution in [2.45, 2.75) is 32.0 Å². The molecule has 0 aromatic heterocycles. The Kier molecular flexibility index (Phi) is 2.69. The van der Waals surface area contributed by atoms with Gasteiger partial charge in [-0.2, -0.15) is 5.01 Å². The van der Waals surface area contributed by atoms with Crippen molar-refractivity contribution in [3.63, 3.8) is 0 Å². The lowest BCUT2D eigenvalue weighted by Gasteiger charge is -2.33. The van der Waals surface area contributed by atoms with Crippen LogP contribution in [0.2, 0.25) is 0 Å². The monoisotopic (exact) mass is 198 g/mol. The molecule has 0 spiro atoms.